The molecule has 0 atom stereocenters. The van der Waals surface area contributed by atoms with Crippen molar-refractivity contribution < 1.29 is 23.5 Å². The van der Waals surface area contributed by atoms with Gasteiger partial charge >= 0.3 is 5.97 Å². The van der Waals surface area contributed by atoms with Gasteiger partial charge in [0.05, 0.1) is 7.11 Å². The minimum atomic E-state index is -0.579. The highest BCUT2D eigenvalue weighted by Crippen LogP contribution is 2.21. The Labute approximate surface area is 111 Å². The molecule has 0 saturated carbocycles. The number of nitrogens with one attached hydrogen (secondary N) is 1. The van der Waals surface area contributed by atoms with Crippen LogP contribution < -0.4 is 10.1 Å². The van der Waals surface area contributed by atoms with Gasteiger partial charge in [0.15, 0.2) is 18.2 Å². The normalized spacial score (nSPS) is 9.72. The van der Waals surface area contributed by atoms with Crippen LogP contribution in [0.4, 0.5) is 4.39 Å². The van der Waals surface area contributed by atoms with Gasteiger partial charge in [-0.15, -0.1) is 0 Å². The lowest BCUT2D eigenvalue weighted by molar-refractivity contribution is -0.141. The van der Waals surface area contributed by atoms with Gasteiger partial charge < -0.3 is 14.8 Å². The summed E-state index contributed by atoms with van der Waals surface area (Å²) in [5.74, 6) is -1.72. The van der Waals surface area contributed by atoms with Gasteiger partial charge in [0.1, 0.15) is 6.54 Å². The molecule has 0 aliphatic rings. The smallest absolute Gasteiger partial charge is 0.325 e. The summed E-state index contributed by atoms with van der Waals surface area (Å²) in [4.78, 5) is 22.0. The van der Waals surface area contributed by atoms with Crippen molar-refractivity contribution in [2.75, 3.05) is 20.3 Å². The average molecular weight is 320 g/mol. The molecule has 1 rings (SSSR count). The molecular formula is C11H11BrFNO4. The lowest BCUT2D eigenvalue weighted by atomic mass is 10.3. The third kappa shape index (κ3) is 4.70. The van der Waals surface area contributed by atoms with Crippen molar-refractivity contribution in [2.24, 2.45) is 0 Å². The van der Waals surface area contributed by atoms with E-state index in [1.807, 2.05) is 0 Å². The molecule has 0 aromatic heterocycles. The Balaban J connectivity index is 2.40. The Hall–Kier alpha value is -1.63. The zero-order valence-electron chi connectivity index (χ0n) is 9.54. The standard InChI is InChI=1S/C11H11BrFNO4/c1-17-11(16)5-14-10(15)6-18-9-3-2-7(12)4-8(9)13/h2-4H,5-6H2,1H3,(H,14,15). The molecule has 18 heavy (non-hydrogen) atoms. The second kappa shape index (κ2) is 6.95. The van der Waals surface area contributed by atoms with Crippen LogP contribution in [0.2, 0.25) is 0 Å². The molecule has 0 heterocycles. The summed E-state index contributed by atoms with van der Waals surface area (Å²) in [7, 11) is 1.21. The Morgan fingerprint density at radius 3 is 2.78 bits per heavy atom. The fourth-order valence-corrected chi connectivity index (χ4v) is 1.36. The summed E-state index contributed by atoms with van der Waals surface area (Å²) < 4.78 is 23.2. The van der Waals surface area contributed by atoms with Crippen molar-refractivity contribution in [3.63, 3.8) is 0 Å². The Morgan fingerprint density at radius 1 is 1.44 bits per heavy atom. The van der Waals surface area contributed by atoms with Crippen LogP contribution in [-0.4, -0.2) is 32.1 Å². The molecule has 1 aromatic rings. The summed E-state index contributed by atoms with van der Waals surface area (Å²) in [5, 5.41) is 2.26. The zero-order valence-corrected chi connectivity index (χ0v) is 11.1. The number of benzene rings is 1. The van der Waals surface area contributed by atoms with Gasteiger partial charge in [-0.05, 0) is 18.2 Å². The van der Waals surface area contributed by atoms with Gasteiger partial charge in [0.25, 0.3) is 5.91 Å². The highest BCUT2D eigenvalue weighted by atomic mass is 79.9. The van der Waals surface area contributed by atoms with Gasteiger partial charge in [0.2, 0.25) is 0 Å². The zero-order chi connectivity index (χ0) is 13.5. The Bertz CT molecular complexity index is 453. The lowest BCUT2D eigenvalue weighted by Gasteiger charge is -2.07. The van der Waals surface area contributed by atoms with Gasteiger partial charge in [0, 0.05) is 4.47 Å². The number of methoxy groups -OCH3 is 1. The van der Waals surface area contributed by atoms with Crippen LogP contribution in [0.25, 0.3) is 0 Å². The number of halogens is 2. The van der Waals surface area contributed by atoms with Gasteiger partial charge in [-0.2, -0.15) is 0 Å². The van der Waals surface area contributed by atoms with Crippen molar-refractivity contribution >= 4 is 27.8 Å². The fourth-order valence-electron chi connectivity index (χ4n) is 1.03. The quantitative estimate of drug-likeness (QED) is 0.830. The largest absolute Gasteiger partial charge is 0.481 e. The molecule has 0 aliphatic carbocycles. The highest BCUT2D eigenvalue weighted by Gasteiger charge is 2.08. The van der Waals surface area contributed by atoms with Crippen molar-refractivity contribution in [2.45, 2.75) is 0 Å². The van der Waals surface area contributed by atoms with E-state index in [4.69, 9.17) is 4.74 Å². The van der Waals surface area contributed by atoms with E-state index in [1.54, 1.807) is 6.07 Å². The monoisotopic (exact) mass is 319 g/mol. The first-order valence-electron chi connectivity index (χ1n) is 4.94. The van der Waals surface area contributed by atoms with Crippen molar-refractivity contribution in [3.05, 3.63) is 28.5 Å². The SMILES string of the molecule is COC(=O)CNC(=O)COc1ccc(Br)cc1F. The van der Waals surface area contributed by atoms with Crippen LogP contribution in [-0.2, 0) is 14.3 Å². The molecule has 1 aromatic carbocycles. The Morgan fingerprint density at radius 2 is 2.17 bits per heavy atom. The van der Waals surface area contributed by atoms with Crippen LogP contribution in [0.5, 0.6) is 5.75 Å². The number of hydrogen-bond donors (Lipinski definition) is 1. The van der Waals surface area contributed by atoms with E-state index >= 15 is 0 Å². The van der Waals surface area contributed by atoms with Crippen LogP contribution in [0.15, 0.2) is 22.7 Å². The van der Waals surface area contributed by atoms with Crippen LogP contribution in [0, 0.1) is 5.82 Å². The highest BCUT2D eigenvalue weighted by molar-refractivity contribution is 9.10. The first-order chi connectivity index (χ1) is 8.52. The second-order valence-electron chi connectivity index (χ2n) is 3.22. The number of hydrogen-bond acceptors (Lipinski definition) is 4. The minimum absolute atomic E-state index is 0.0357. The number of esters is 1. The summed E-state index contributed by atoms with van der Waals surface area (Å²) in [6.45, 7) is -0.628. The van der Waals surface area contributed by atoms with E-state index in [2.05, 4.69) is 26.0 Å². The molecule has 0 unspecified atom stereocenters. The molecule has 0 aliphatic heterocycles. The molecule has 7 heteroatoms. The fraction of sp³-hybridized carbons (Fsp3) is 0.273. The number of carbonyl (C=O) groups excluding carboxylic acids is 2. The number of amides is 1. The minimum Gasteiger partial charge on any atom is -0.481 e. The maximum absolute atomic E-state index is 13.3. The number of rotatable bonds is 5. The summed E-state index contributed by atoms with van der Waals surface area (Å²) in [6.07, 6.45) is 0. The van der Waals surface area contributed by atoms with Crippen LogP contribution >= 0.6 is 15.9 Å². The molecule has 1 amide bonds. The van der Waals surface area contributed by atoms with Crippen molar-refractivity contribution in [1.82, 2.24) is 5.32 Å². The topological polar surface area (TPSA) is 64.6 Å². The number of ether oxygens (including phenoxy) is 2. The molecule has 0 saturated heterocycles. The van der Waals surface area contributed by atoms with E-state index in [0.717, 1.165) is 0 Å². The maximum atomic E-state index is 13.3. The van der Waals surface area contributed by atoms with Crippen molar-refractivity contribution in [3.8, 4) is 5.75 Å². The second-order valence-corrected chi connectivity index (χ2v) is 4.13. The third-order valence-electron chi connectivity index (χ3n) is 1.91. The first kappa shape index (κ1) is 14.4. The first-order valence-corrected chi connectivity index (χ1v) is 5.73. The predicted octanol–water partition coefficient (Wildman–Crippen LogP) is 1.26. The summed E-state index contributed by atoms with van der Waals surface area (Å²) >= 11 is 3.10. The predicted molar refractivity (Wildman–Crippen MR) is 64.6 cm³/mol. The molecule has 0 radical (unpaired) electrons. The van der Waals surface area contributed by atoms with E-state index in [0.29, 0.717) is 4.47 Å². The van der Waals surface area contributed by atoms with Gasteiger partial charge in [-0.25, -0.2) is 4.39 Å². The molecule has 1 N–H and O–H groups in total. The molecule has 0 spiro atoms. The van der Waals surface area contributed by atoms with E-state index < -0.39 is 17.7 Å². The van der Waals surface area contributed by atoms with E-state index in [9.17, 15) is 14.0 Å². The summed E-state index contributed by atoms with van der Waals surface area (Å²) in [6, 6.07) is 4.21. The van der Waals surface area contributed by atoms with E-state index in [-0.39, 0.29) is 18.9 Å². The lowest BCUT2D eigenvalue weighted by Crippen LogP contribution is -2.33. The van der Waals surface area contributed by atoms with Crippen LogP contribution in [0.3, 0.4) is 0 Å². The average Bonchev–Trinajstić information content (AvgIpc) is 2.34. The third-order valence-corrected chi connectivity index (χ3v) is 2.40. The van der Waals surface area contributed by atoms with Gasteiger partial charge in [-0.3, -0.25) is 9.59 Å². The van der Waals surface area contributed by atoms with Crippen molar-refractivity contribution in [1.29, 1.82) is 0 Å². The molecule has 98 valence electrons. The maximum Gasteiger partial charge on any atom is 0.325 e. The molecular weight excluding hydrogens is 309 g/mol. The summed E-state index contributed by atoms with van der Waals surface area (Å²) in [5.41, 5.74) is 0. The van der Waals surface area contributed by atoms with Gasteiger partial charge in [-0.1, -0.05) is 15.9 Å². The molecule has 0 fully saturated rings. The van der Waals surface area contributed by atoms with Crippen LogP contribution in [0.1, 0.15) is 0 Å². The molecule has 0 bridgehead atoms. The van der Waals surface area contributed by atoms with E-state index in [1.165, 1.54) is 19.2 Å². The Kier molecular flexibility index (Phi) is 5.57. The molecule has 5 nitrogen and oxygen atoms in total. The number of carbonyl (C=O) groups is 2.